The van der Waals surface area contributed by atoms with E-state index in [4.69, 9.17) is 5.73 Å². The highest BCUT2D eigenvalue weighted by molar-refractivity contribution is 7.18. The molecule has 0 bridgehead atoms. The number of hydrogen-bond donors (Lipinski definition) is 2. The molecule has 0 radical (unpaired) electrons. The maximum atomic E-state index is 12.3. The predicted octanol–water partition coefficient (Wildman–Crippen LogP) is 2.17. The molecule has 0 atom stereocenters. The summed E-state index contributed by atoms with van der Waals surface area (Å²) in [4.78, 5) is 19.0. The highest BCUT2D eigenvalue weighted by Crippen LogP contribution is 2.27. The molecule has 100 valence electrons. The molecule has 1 aromatic rings. The number of likely N-dealkylation sites (tertiary alicyclic amines) is 1. The zero-order chi connectivity index (χ0) is 13.1. The molecule has 0 aliphatic carbocycles. The number of amides is 1. The molecule has 5 nitrogen and oxygen atoms in total. The molecule has 2 rings (SSSR count). The molecule has 1 fully saturated rings. The summed E-state index contributed by atoms with van der Waals surface area (Å²) < 4.78 is 0. The lowest BCUT2D eigenvalue weighted by atomic mass is 10.1. The van der Waals surface area contributed by atoms with Crippen molar-refractivity contribution in [3.05, 3.63) is 4.88 Å². The third kappa shape index (κ3) is 2.93. The second kappa shape index (κ2) is 5.56. The van der Waals surface area contributed by atoms with Gasteiger partial charge in [0, 0.05) is 19.1 Å². The number of nitrogens with one attached hydrogen (secondary N) is 1. The van der Waals surface area contributed by atoms with Crippen molar-refractivity contribution in [3.8, 4) is 0 Å². The second-order valence-electron chi connectivity index (χ2n) is 4.89. The van der Waals surface area contributed by atoms with Crippen molar-refractivity contribution in [1.82, 2.24) is 9.88 Å². The Morgan fingerprint density at radius 2 is 2.06 bits per heavy atom. The van der Waals surface area contributed by atoms with E-state index >= 15 is 0 Å². The second-order valence-corrected chi connectivity index (χ2v) is 5.88. The smallest absolute Gasteiger partial charge is 0.267 e. The molecule has 0 spiro atoms. The standard InChI is InChI=1S/C12H20N4OS/c1-8(2)14-12-15-10(13)9(18-12)11(17)16-6-4-3-5-7-16/h8H,3-7,13H2,1-2H3,(H,14,15). The minimum absolute atomic E-state index is 0.0292. The van der Waals surface area contributed by atoms with E-state index in [1.807, 2.05) is 18.7 Å². The van der Waals surface area contributed by atoms with Gasteiger partial charge in [-0.3, -0.25) is 4.79 Å². The first-order valence-corrected chi connectivity index (χ1v) is 7.21. The van der Waals surface area contributed by atoms with E-state index in [1.165, 1.54) is 17.8 Å². The van der Waals surface area contributed by atoms with Crippen LogP contribution in [-0.2, 0) is 0 Å². The number of nitrogens with zero attached hydrogens (tertiary/aromatic N) is 2. The van der Waals surface area contributed by atoms with Gasteiger partial charge in [-0.05, 0) is 33.1 Å². The molecule has 2 heterocycles. The van der Waals surface area contributed by atoms with Crippen LogP contribution in [0.25, 0.3) is 0 Å². The number of anilines is 2. The molecule has 1 aliphatic rings. The highest BCUT2D eigenvalue weighted by Gasteiger charge is 2.23. The summed E-state index contributed by atoms with van der Waals surface area (Å²) in [6.07, 6.45) is 3.38. The van der Waals surface area contributed by atoms with Crippen LogP contribution in [0.4, 0.5) is 10.9 Å². The maximum Gasteiger partial charge on any atom is 0.267 e. The van der Waals surface area contributed by atoms with Gasteiger partial charge in [-0.2, -0.15) is 0 Å². The van der Waals surface area contributed by atoms with Crippen LogP contribution in [-0.4, -0.2) is 34.9 Å². The number of nitrogen functional groups attached to an aromatic ring is 1. The monoisotopic (exact) mass is 268 g/mol. The van der Waals surface area contributed by atoms with Crippen LogP contribution < -0.4 is 11.1 Å². The number of nitrogens with two attached hydrogens (primary N) is 1. The number of hydrogen-bond acceptors (Lipinski definition) is 5. The topological polar surface area (TPSA) is 71.2 Å². The molecule has 1 aromatic heterocycles. The van der Waals surface area contributed by atoms with Gasteiger partial charge in [0.15, 0.2) is 5.13 Å². The fourth-order valence-corrected chi connectivity index (χ4v) is 3.03. The molecule has 0 aromatic carbocycles. The summed E-state index contributed by atoms with van der Waals surface area (Å²) in [5.41, 5.74) is 5.84. The zero-order valence-corrected chi connectivity index (χ0v) is 11.7. The van der Waals surface area contributed by atoms with E-state index in [2.05, 4.69) is 10.3 Å². The van der Waals surface area contributed by atoms with E-state index < -0.39 is 0 Å². The van der Waals surface area contributed by atoms with Crippen LogP contribution in [0.1, 0.15) is 42.8 Å². The summed E-state index contributed by atoms with van der Waals surface area (Å²) in [5, 5.41) is 3.91. The van der Waals surface area contributed by atoms with Gasteiger partial charge in [0.1, 0.15) is 10.7 Å². The van der Waals surface area contributed by atoms with Crippen molar-refractivity contribution < 1.29 is 4.79 Å². The predicted molar refractivity (Wildman–Crippen MR) is 75.0 cm³/mol. The lowest BCUT2D eigenvalue weighted by molar-refractivity contribution is 0.0730. The summed E-state index contributed by atoms with van der Waals surface area (Å²) in [6.45, 7) is 5.74. The average molecular weight is 268 g/mol. The molecule has 1 amide bonds. The number of rotatable bonds is 3. The molecule has 6 heteroatoms. The van der Waals surface area contributed by atoms with Gasteiger partial charge in [0.2, 0.25) is 0 Å². The van der Waals surface area contributed by atoms with Crippen molar-refractivity contribution >= 4 is 28.2 Å². The Labute approximate surface area is 111 Å². The van der Waals surface area contributed by atoms with Crippen LogP contribution in [0.15, 0.2) is 0 Å². The third-order valence-corrected chi connectivity index (χ3v) is 3.89. The van der Waals surface area contributed by atoms with Gasteiger partial charge in [-0.15, -0.1) is 0 Å². The minimum atomic E-state index is 0.0292. The molecule has 18 heavy (non-hydrogen) atoms. The fourth-order valence-electron chi connectivity index (χ4n) is 2.03. The van der Waals surface area contributed by atoms with Crippen molar-refractivity contribution in [2.75, 3.05) is 24.1 Å². The van der Waals surface area contributed by atoms with Crippen molar-refractivity contribution in [1.29, 1.82) is 0 Å². The molecule has 0 saturated carbocycles. The Morgan fingerprint density at radius 1 is 1.39 bits per heavy atom. The number of carbonyl (C=O) groups is 1. The number of piperidine rings is 1. The minimum Gasteiger partial charge on any atom is -0.382 e. The summed E-state index contributed by atoms with van der Waals surface area (Å²) in [7, 11) is 0. The molecule has 1 saturated heterocycles. The summed E-state index contributed by atoms with van der Waals surface area (Å²) >= 11 is 1.35. The van der Waals surface area contributed by atoms with Crippen LogP contribution >= 0.6 is 11.3 Å². The van der Waals surface area contributed by atoms with Gasteiger partial charge in [-0.1, -0.05) is 11.3 Å². The highest BCUT2D eigenvalue weighted by atomic mass is 32.1. The number of thiazole rings is 1. The molecular weight excluding hydrogens is 248 g/mol. The van der Waals surface area contributed by atoms with Gasteiger partial charge in [0.05, 0.1) is 0 Å². The quantitative estimate of drug-likeness (QED) is 0.881. The Hall–Kier alpha value is -1.30. The normalized spacial score (nSPS) is 16.1. The maximum absolute atomic E-state index is 12.3. The van der Waals surface area contributed by atoms with Gasteiger partial charge in [-0.25, -0.2) is 4.98 Å². The molecule has 3 N–H and O–H groups in total. The molecule has 0 unspecified atom stereocenters. The SMILES string of the molecule is CC(C)Nc1nc(N)c(C(=O)N2CCCCC2)s1. The van der Waals surface area contributed by atoms with E-state index in [0.717, 1.165) is 31.1 Å². The summed E-state index contributed by atoms with van der Waals surface area (Å²) in [6, 6.07) is 0.286. The lowest BCUT2D eigenvalue weighted by Gasteiger charge is -2.26. The summed E-state index contributed by atoms with van der Waals surface area (Å²) in [5.74, 6) is 0.375. The third-order valence-electron chi connectivity index (χ3n) is 2.90. The van der Waals surface area contributed by atoms with Crippen LogP contribution in [0, 0.1) is 0 Å². The van der Waals surface area contributed by atoms with Crippen molar-refractivity contribution in [2.45, 2.75) is 39.2 Å². The Kier molecular flexibility index (Phi) is 4.06. The molecular formula is C12H20N4OS. The number of carbonyl (C=O) groups excluding carboxylic acids is 1. The van der Waals surface area contributed by atoms with Gasteiger partial charge in [0.25, 0.3) is 5.91 Å². The van der Waals surface area contributed by atoms with E-state index in [1.54, 1.807) is 0 Å². The fraction of sp³-hybridized carbons (Fsp3) is 0.667. The molecule has 1 aliphatic heterocycles. The van der Waals surface area contributed by atoms with Crippen molar-refractivity contribution in [2.24, 2.45) is 0 Å². The first kappa shape index (κ1) is 13.1. The largest absolute Gasteiger partial charge is 0.382 e. The van der Waals surface area contributed by atoms with Crippen molar-refractivity contribution in [3.63, 3.8) is 0 Å². The Morgan fingerprint density at radius 3 is 2.67 bits per heavy atom. The first-order valence-electron chi connectivity index (χ1n) is 6.40. The van der Waals surface area contributed by atoms with Crippen LogP contribution in [0.2, 0.25) is 0 Å². The number of aromatic nitrogens is 1. The average Bonchev–Trinajstić information content (AvgIpc) is 2.69. The lowest BCUT2D eigenvalue weighted by Crippen LogP contribution is -2.35. The van der Waals surface area contributed by atoms with Crippen LogP contribution in [0.5, 0.6) is 0 Å². The first-order chi connectivity index (χ1) is 8.58. The van der Waals surface area contributed by atoms with E-state index in [-0.39, 0.29) is 11.9 Å². The Balaban J connectivity index is 2.11. The van der Waals surface area contributed by atoms with E-state index in [9.17, 15) is 4.79 Å². The van der Waals surface area contributed by atoms with Gasteiger partial charge < -0.3 is 16.0 Å². The zero-order valence-electron chi connectivity index (χ0n) is 10.9. The Bertz CT molecular complexity index is 424. The van der Waals surface area contributed by atoms with Gasteiger partial charge >= 0.3 is 0 Å². The van der Waals surface area contributed by atoms with E-state index in [0.29, 0.717) is 10.7 Å². The van der Waals surface area contributed by atoms with Crippen LogP contribution in [0.3, 0.4) is 0 Å².